The van der Waals surface area contributed by atoms with Crippen molar-refractivity contribution in [1.29, 1.82) is 0 Å². The second-order valence-electron chi connectivity index (χ2n) is 7.70. The number of likely N-dealkylation sites (tertiary alicyclic amines) is 1. The quantitative estimate of drug-likeness (QED) is 0.451. The molecular formula is C23H18F3N5OS. The van der Waals surface area contributed by atoms with Gasteiger partial charge in [-0.25, -0.2) is 23.1 Å². The van der Waals surface area contributed by atoms with Crippen LogP contribution in [0, 0.1) is 17.5 Å². The summed E-state index contributed by atoms with van der Waals surface area (Å²) in [6.45, 7) is 0.960. The number of nitrogens with zero attached hydrogens (tertiary/aromatic N) is 4. The lowest BCUT2D eigenvalue weighted by molar-refractivity contribution is 0.0739. The Balaban J connectivity index is 1.33. The molecular weight excluding hydrogens is 451 g/mol. The van der Waals surface area contributed by atoms with Gasteiger partial charge in [0.2, 0.25) is 0 Å². The molecule has 2 aromatic carbocycles. The van der Waals surface area contributed by atoms with E-state index >= 15 is 0 Å². The number of hydrogen-bond acceptors (Lipinski definition) is 6. The van der Waals surface area contributed by atoms with Crippen molar-refractivity contribution in [2.24, 2.45) is 0 Å². The molecule has 0 radical (unpaired) electrons. The second-order valence-corrected chi connectivity index (χ2v) is 8.55. The highest BCUT2D eigenvalue weighted by molar-refractivity contribution is 7.13. The van der Waals surface area contributed by atoms with Gasteiger partial charge in [0.25, 0.3) is 5.91 Å². The van der Waals surface area contributed by atoms with E-state index in [1.807, 2.05) is 0 Å². The minimum Gasteiger partial charge on any atom is -0.367 e. The van der Waals surface area contributed by atoms with Crippen LogP contribution < -0.4 is 5.32 Å². The van der Waals surface area contributed by atoms with Gasteiger partial charge in [-0.2, -0.15) is 0 Å². The highest BCUT2D eigenvalue weighted by atomic mass is 32.1. The van der Waals surface area contributed by atoms with Crippen LogP contribution in [0.3, 0.4) is 0 Å². The number of carbonyl (C=O) groups is 1. The normalized spacial score (nSPS) is 15.8. The van der Waals surface area contributed by atoms with E-state index in [0.717, 1.165) is 25.0 Å². The summed E-state index contributed by atoms with van der Waals surface area (Å²) in [7, 11) is 0. The maximum absolute atomic E-state index is 14.3. The zero-order chi connectivity index (χ0) is 22.9. The molecule has 0 saturated carbocycles. The summed E-state index contributed by atoms with van der Waals surface area (Å²) in [5.74, 6) is -2.22. The van der Waals surface area contributed by atoms with Crippen LogP contribution in [-0.2, 0) is 0 Å². The summed E-state index contributed by atoms with van der Waals surface area (Å²) in [5, 5.41) is 3.14. The van der Waals surface area contributed by atoms with Crippen LogP contribution in [0.1, 0.15) is 23.3 Å². The lowest BCUT2D eigenvalue weighted by atomic mass is 10.1. The predicted octanol–water partition coefficient (Wildman–Crippen LogP) is 4.89. The van der Waals surface area contributed by atoms with Crippen molar-refractivity contribution in [3.63, 3.8) is 0 Å². The van der Waals surface area contributed by atoms with Gasteiger partial charge in [0.15, 0.2) is 11.6 Å². The number of thiazole rings is 1. The Morgan fingerprint density at radius 3 is 2.70 bits per heavy atom. The van der Waals surface area contributed by atoms with Crippen molar-refractivity contribution in [2.45, 2.75) is 18.9 Å². The molecule has 1 fully saturated rings. The van der Waals surface area contributed by atoms with Gasteiger partial charge < -0.3 is 10.2 Å². The molecule has 3 heterocycles. The number of amides is 1. The molecule has 1 saturated heterocycles. The number of aromatic nitrogens is 3. The first-order valence-electron chi connectivity index (χ1n) is 10.4. The maximum atomic E-state index is 14.3. The number of nitrogens with one attached hydrogen (secondary N) is 1. The number of benzene rings is 2. The molecule has 10 heteroatoms. The van der Waals surface area contributed by atoms with Crippen molar-refractivity contribution in [3.8, 4) is 10.4 Å². The van der Waals surface area contributed by atoms with Crippen LogP contribution in [0.25, 0.3) is 21.5 Å². The first-order chi connectivity index (χ1) is 16.0. The highest BCUT2D eigenvalue weighted by Gasteiger charge is 2.32. The van der Waals surface area contributed by atoms with Gasteiger partial charge in [-0.15, -0.1) is 11.3 Å². The van der Waals surface area contributed by atoms with E-state index in [-0.39, 0.29) is 28.7 Å². The van der Waals surface area contributed by atoms with E-state index in [1.54, 1.807) is 28.6 Å². The Hall–Kier alpha value is -3.53. The van der Waals surface area contributed by atoms with Crippen LogP contribution in [0.15, 0.2) is 48.1 Å². The molecule has 6 nitrogen and oxygen atoms in total. The van der Waals surface area contributed by atoms with E-state index in [2.05, 4.69) is 20.3 Å². The fourth-order valence-electron chi connectivity index (χ4n) is 4.00. The van der Waals surface area contributed by atoms with Gasteiger partial charge in [0.05, 0.1) is 27.6 Å². The summed E-state index contributed by atoms with van der Waals surface area (Å²) in [5.41, 5.74) is 2.62. The zero-order valence-electron chi connectivity index (χ0n) is 17.3. The highest BCUT2D eigenvalue weighted by Crippen LogP contribution is 2.32. The van der Waals surface area contributed by atoms with Gasteiger partial charge in [-0.05, 0) is 18.9 Å². The summed E-state index contributed by atoms with van der Waals surface area (Å²) >= 11 is 1.23. The smallest absolute Gasteiger partial charge is 0.274 e. The first kappa shape index (κ1) is 21.3. The van der Waals surface area contributed by atoms with Crippen LogP contribution >= 0.6 is 11.3 Å². The standard InChI is InChI=1S/C23H18F3N5OS/c24-15-6-2-1-5-14(15)22-21(29-12-33-22)23(32)31-7-3-4-13(31)10-28-20-11-27-18-8-16(25)17(26)9-19(18)30-20/h1-2,5-6,8-9,11-13H,3-4,7,10H2,(H,28,30). The largest absolute Gasteiger partial charge is 0.367 e. The molecule has 168 valence electrons. The van der Waals surface area contributed by atoms with E-state index in [1.165, 1.54) is 23.6 Å². The molecule has 0 bridgehead atoms. The molecule has 5 rings (SSSR count). The number of carbonyl (C=O) groups excluding carboxylic acids is 1. The molecule has 1 N–H and O–H groups in total. The third-order valence-electron chi connectivity index (χ3n) is 5.63. The number of fused-ring (bicyclic) bond motifs is 1. The van der Waals surface area contributed by atoms with Crippen molar-refractivity contribution >= 4 is 34.1 Å². The summed E-state index contributed by atoms with van der Waals surface area (Å²) in [6.07, 6.45) is 3.04. The molecule has 1 amide bonds. The van der Waals surface area contributed by atoms with Crippen molar-refractivity contribution in [2.75, 3.05) is 18.4 Å². The van der Waals surface area contributed by atoms with Gasteiger partial charge in [-0.1, -0.05) is 18.2 Å². The number of rotatable bonds is 5. The number of anilines is 1. The van der Waals surface area contributed by atoms with Crippen molar-refractivity contribution in [1.82, 2.24) is 19.9 Å². The minimum atomic E-state index is -0.990. The first-order valence-corrected chi connectivity index (χ1v) is 11.2. The van der Waals surface area contributed by atoms with E-state index in [9.17, 15) is 18.0 Å². The Kier molecular flexibility index (Phi) is 5.67. The fourth-order valence-corrected chi connectivity index (χ4v) is 4.81. The minimum absolute atomic E-state index is 0.130. The Morgan fingerprint density at radius 2 is 1.88 bits per heavy atom. The van der Waals surface area contributed by atoms with E-state index in [0.29, 0.717) is 29.3 Å². The molecule has 4 aromatic rings. The van der Waals surface area contributed by atoms with Crippen LogP contribution in [-0.4, -0.2) is 44.9 Å². The Labute approximate surface area is 191 Å². The zero-order valence-corrected chi connectivity index (χ0v) is 18.1. The monoisotopic (exact) mass is 469 g/mol. The van der Waals surface area contributed by atoms with Gasteiger partial charge in [-0.3, -0.25) is 9.78 Å². The second kappa shape index (κ2) is 8.78. The van der Waals surface area contributed by atoms with E-state index in [4.69, 9.17) is 0 Å². The lowest BCUT2D eigenvalue weighted by Gasteiger charge is -2.25. The SMILES string of the molecule is O=C(c1ncsc1-c1ccccc1F)N1CCCC1CNc1cnc2cc(F)c(F)cc2n1. The molecule has 1 atom stereocenters. The van der Waals surface area contributed by atoms with Gasteiger partial charge in [0, 0.05) is 36.8 Å². The predicted molar refractivity (Wildman–Crippen MR) is 120 cm³/mol. The molecule has 33 heavy (non-hydrogen) atoms. The average Bonchev–Trinajstić information content (AvgIpc) is 3.48. The van der Waals surface area contributed by atoms with Gasteiger partial charge >= 0.3 is 0 Å². The Morgan fingerprint density at radius 1 is 1.09 bits per heavy atom. The lowest BCUT2D eigenvalue weighted by Crippen LogP contribution is -2.40. The van der Waals surface area contributed by atoms with Gasteiger partial charge in [0.1, 0.15) is 17.3 Å². The summed E-state index contributed by atoms with van der Waals surface area (Å²) < 4.78 is 41.2. The fraction of sp³-hybridized carbons (Fsp3) is 0.217. The third-order valence-corrected chi connectivity index (χ3v) is 6.49. The molecule has 1 aliphatic rings. The molecule has 1 unspecified atom stereocenters. The molecule has 0 spiro atoms. The summed E-state index contributed by atoms with van der Waals surface area (Å²) in [6, 6.07) is 8.19. The molecule has 2 aromatic heterocycles. The van der Waals surface area contributed by atoms with Crippen molar-refractivity contribution < 1.29 is 18.0 Å². The topological polar surface area (TPSA) is 71.0 Å². The Bertz CT molecular complexity index is 1340. The van der Waals surface area contributed by atoms with Crippen LogP contribution in [0.5, 0.6) is 0 Å². The average molecular weight is 469 g/mol. The van der Waals surface area contributed by atoms with Crippen LogP contribution in [0.2, 0.25) is 0 Å². The summed E-state index contributed by atoms with van der Waals surface area (Å²) in [4.78, 5) is 28.2. The number of halogens is 3. The third kappa shape index (κ3) is 4.13. The molecule has 0 aliphatic carbocycles. The van der Waals surface area contributed by atoms with Crippen molar-refractivity contribution in [3.05, 3.63) is 71.3 Å². The maximum Gasteiger partial charge on any atom is 0.274 e. The van der Waals surface area contributed by atoms with Crippen LogP contribution in [0.4, 0.5) is 19.0 Å². The molecule has 1 aliphatic heterocycles. The number of hydrogen-bond donors (Lipinski definition) is 1. The van der Waals surface area contributed by atoms with E-state index < -0.39 is 17.5 Å².